The van der Waals surface area contributed by atoms with Gasteiger partial charge in [-0.25, -0.2) is 15.0 Å². The molecule has 4 rings (SSSR count). The molecule has 0 unspecified atom stereocenters. The van der Waals surface area contributed by atoms with Crippen molar-refractivity contribution in [1.29, 1.82) is 0 Å². The van der Waals surface area contributed by atoms with E-state index in [0.717, 1.165) is 54.5 Å². The summed E-state index contributed by atoms with van der Waals surface area (Å²) in [5.74, 6) is 1.92. The molecular formula is C20H23N5S. The average molecular weight is 366 g/mol. The lowest BCUT2D eigenvalue weighted by Crippen LogP contribution is -2.04. The van der Waals surface area contributed by atoms with Crippen LogP contribution in [0.25, 0.3) is 16.3 Å². The van der Waals surface area contributed by atoms with Crippen molar-refractivity contribution in [2.45, 2.75) is 46.6 Å². The maximum absolute atomic E-state index is 4.90. The molecule has 26 heavy (non-hydrogen) atoms. The van der Waals surface area contributed by atoms with Crippen LogP contribution in [0.4, 0.5) is 0 Å². The fraction of sp³-hybridized carbons (Fsp3) is 0.350. The predicted octanol–water partition coefficient (Wildman–Crippen LogP) is 4.47. The van der Waals surface area contributed by atoms with Gasteiger partial charge in [-0.2, -0.15) is 0 Å². The maximum Gasteiger partial charge on any atom is 0.234 e. The summed E-state index contributed by atoms with van der Waals surface area (Å²) in [6.07, 6.45) is 7.14. The van der Waals surface area contributed by atoms with Crippen molar-refractivity contribution in [1.82, 2.24) is 23.9 Å². The van der Waals surface area contributed by atoms with E-state index in [-0.39, 0.29) is 0 Å². The predicted molar refractivity (Wildman–Crippen MR) is 106 cm³/mol. The Bertz CT molecular complexity index is 1030. The summed E-state index contributed by atoms with van der Waals surface area (Å²) in [5.41, 5.74) is 4.31. The van der Waals surface area contributed by atoms with E-state index >= 15 is 0 Å². The monoisotopic (exact) mass is 365 g/mol. The molecule has 134 valence electrons. The zero-order valence-electron chi connectivity index (χ0n) is 15.4. The van der Waals surface area contributed by atoms with E-state index in [0.29, 0.717) is 0 Å². The molecule has 0 saturated heterocycles. The summed E-state index contributed by atoms with van der Waals surface area (Å²) >= 11 is 1.74. The fourth-order valence-corrected chi connectivity index (χ4v) is 3.99. The van der Waals surface area contributed by atoms with Crippen LogP contribution in [0.15, 0.2) is 36.0 Å². The summed E-state index contributed by atoms with van der Waals surface area (Å²) in [5, 5.41) is 2.10. The minimum absolute atomic E-state index is 0.786. The molecule has 5 nitrogen and oxygen atoms in total. The first-order chi connectivity index (χ1) is 12.6. The minimum Gasteiger partial charge on any atom is -0.334 e. The highest BCUT2D eigenvalue weighted by Gasteiger charge is 2.12. The lowest BCUT2D eigenvalue weighted by atomic mass is 10.2. The molecule has 0 aromatic carbocycles. The first-order valence-electron chi connectivity index (χ1n) is 9.06. The molecule has 0 aliphatic heterocycles. The Balaban J connectivity index is 1.58. The van der Waals surface area contributed by atoms with Crippen LogP contribution in [0.1, 0.15) is 36.3 Å². The summed E-state index contributed by atoms with van der Waals surface area (Å²) in [6.45, 7) is 7.30. The van der Waals surface area contributed by atoms with Crippen molar-refractivity contribution in [3.8, 4) is 10.6 Å². The molecule has 0 amide bonds. The summed E-state index contributed by atoms with van der Waals surface area (Å²) in [4.78, 5) is 15.3. The topological polar surface area (TPSA) is 48.0 Å². The third-order valence-electron chi connectivity index (χ3n) is 4.51. The van der Waals surface area contributed by atoms with Crippen LogP contribution >= 0.6 is 11.3 Å². The van der Waals surface area contributed by atoms with E-state index in [9.17, 15) is 0 Å². The highest BCUT2D eigenvalue weighted by Crippen LogP contribution is 2.24. The molecule has 4 aromatic rings. The molecular weight excluding hydrogens is 342 g/mol. The summed E-state index contributed by atoms with van der Waals surface area (Å²) in [7, 11) is 0. The van der Waals surface area contributed by atoms with Crippen molar-refractivity contribution >= 4 is 17.1 Å². The van der Waals surface area contributed by atoms with Crippen LogP contribution < -0.4 is 0 Å². The van der Waals surface area contributed by atoms with Crippen molar-refractivity contribution in [3.63, 3.8) is 0 Å². The largest absolute Gasteiger partial charge is 0.334 e. The molecule has 0 atom stereocenters. The number of hydrogen-bond donors (Lipinski definition) is 0. The highest BCUT2D eigenvalue weighted by atomic mass is 32.1. The van der Waals surface area contributed by atoms with Gasteiger partial charge < -0.3 is 4.57 Å². The molecule has 4 heterocycles. The lowest BCUT2D eigenvalue weighted by molar-refractivity contribution is 0.632. The smallest absolute Gasteiger partial charge is 0.234 e. The minimum atomic E-state index is 0.786. The van der Waals surface area contributed by atoms with Gasteiger partial charge in [0.05, 0.1) is 16.3 Å². The van der Waals surface area contributed by atoms with Gasteiger partial charge in [-0.15, -0.1) is 11.3 Å². The van der Waals surface area contributed by atoms with Gasteiger partial charge in [-0.1, -0.05) is 13.0 Å². The van der Waals surface area contributed by atoms with Crippen molar-refractivity contribution in [2.24, 2.45) is 0 Å². The van der Waals surface area contributed by atoms with Crippen LogP contribution in [0.3, 0.4) is 0 Å². The molecule has 4 aromatic heterocycles. The Morgan fingerprint density at radius 2 is 1.96 bits per heavy atom. The fourth-order valence-electron chi connectivity index (χ4n) is 3.31. The normalized spacial score (nSPS) is 11.5. The van der Waals surface area contributed by atoms with Gasteiger partial charge in [0.25, 0.3) is 0 Å². The van der Waals surface area contributed by atoms with Crippen LogP contribution in [0.5, 0.6) is 0 Å². The molecule has 0 spiro atoms. The number of thiophene rings is 1. The van der Waals surface area contributed by atoms with Gasteiger partial charge in [0.15, 0.2) is 0 Å². The molecule has 0 saturated carbocycles. The van der Waals surface area contributed by atoms with Gasteiger partial charge in [0.1, 0.15) is 5.82 Å². The Kier molecular flexibility index (Phi) is 4.59. The first kappa shape index (κ1) is 17.0. The summed E-state index contributed by atoms with van der Waals surface area (Å²) < 4.78 is 4.36. The van der Waals surface area contributed by atoms with Crippen molar-refractivity contribution < 1.29 is 0 Å². The van der Waals surface area contributed by atoms with Gasteiger partial charge in [0, 0.05) is 36.7 Å². The van der Waals surface area contributed by atoms with E-state index in [2.05, 4.69) is 63.8 Å². The number of aromatic nitrogens is 5. The Morgan fingerprint density at radius 1 is 1.08 bits per heavy atom. The van der Waals surface area contributed by atoms with Crippen LogP contribution in [0, 0.1) is 13.8 Å². The van der Waals surface area contributed by atoms with Crippen molar-refractivity contribution in [2.75, 3.05) is 0 Å². The van der Waals surface area contributed by atoms with Gasteiger partial charge in [-0.05, 0) is 44.2 Å². The Labute approximate surface area is 157 Å². The Morgan fingerprint density at radius 3 is 2.73 bits per heavy atom. The van der Waals surface area contributed by atoms with E-state index in [1.165, 1.54) is 10.6 Å². The number of hydrogen-bond acceptors (Lipinski definition) is 4. The second-order valence-corrected chi connectivity index (χ2v) is 7.60. The first-order valence-corrected chi connectivity index (χ1v) is 9.94. The molecule has 0 bridgehead atoms. The molecule has 0 N–H and O–H groups in total. The van der Waals surface area contributed by atoms with E-state index in [1.54, 1.807) is 11.3 Å². The second-order valence-electron chi connectivity index (χ2n) is 6.65. The van der Waals surface area contributed by atoms with E-state index in [1.807, 2.05) is 6.92 Å². The lowest BCUT2D eigenvalue weighted by Gasteiger charge is -2.04. The van der Waals surface area contributed by atoms with Crippen LogP contribution in [-0.4, -0.2) is 23.9 Å². The van der Waals surface area contributed by atoms with Gasteiger partial charge >= 0.3 is 0 Å². The zero-order valence-corrected chi connectivity index (χ0v) is 16.3. The Hall–Kier alpha value is -2.47. The molecule has 0 aliphatic carbocycles. The SMILES string of the molecule is CCCn1cc(-c2cccs2)nc1CCc1cn2c(C)cc(C)nc2n1. The van der Waals surface area contributed by atoms with Gasteiger partial charge in [-0.3, -0.25) is 4.40 Å². The van der Waals surface area contributed by atoms with Crippen LogP contribution in [0.2, 0.25) is 0 Å². The summed E-state index contributed by atoms with van der Waals surface area (Å²) in [6, 6.07) is 6.29. The quantitative estimate of drug-likeness (QED) is 0.507. The molecule has 0 radical (unpaired) electrons. The average Bonchev–Trinajstić information content (AvgIpc) is 3.32. The molecule has 6 heteroatoms. The third kappa shape index (κ3) is 3.29. The second kappa shape index (κ2) is 7.03. The zero-order chi connectivity index (χ0) is 18.1. The number of aryl methyl sites for hydroxylation is 5. The third-order valence-corrected chi connectivity index (χ3v) is 5.41. The van der Waals surface area contributed by atoms with E-state index in [4.69, 9.17) is 9.97 Å². The molecule has 0 fully saturated rings. The maximum atomic E-state index is 4.90. The molecule has 0 aliphatic rings. The van der Waals surface area contributed by atoms with Crippen molar-refractivity contribution in [3.05, 3.63) is 58.9 Å². The van der Waals surface area contributed by atoms with Gasteiger partial charge in [0.2, 0.25) is 5.78 Å². The standard InChI is InChI=1S/C20H23N5S/c1-4-9-24-13-17(18-6-5-10-26-18)23-19(24)8-7-16-12-25-15(3)11-14(2)21-20(25)22-16/h5-6,10-13H,4,7-9H2,1-3H3. The number of nitrogens with zero attached hydrogens (tertiary/aromatic N) is 5. The number of fused-ring (bicyclic) bond motifs is 1. The number of rotatable bonds is 6. The highest BCUT2D eigenvalue weighted by molar-refractivity contribution is 7.13. The van der Waals surface area contributed by atoms with Crippen LogP contribution in [-0.2, 0) is 19.4 Å². The van der Waals surface area contributed by atoms with E-state index < -0.39 is 0 Å². The number of imidazole rings is 2.